The number of rotatable bonds is 6. The number of nitrogens with zero attached hydrogens (tertiary/aromatic N) is 1. The van der Waals surface area contributed by atoms with Gasteiger partial charge < -0.3 is 5.11 Å². The molecular weight excluding hydrogens is 212 g/mol. The minimum atomic E-state index is -1.15. The second-order valence-electron chi connectivity index (χ2n) is 2.83. The molecule has 1 radical (unpaired) electrons. The average Bonchev–Trinajstić information content (AvgIpc) is 2.17. The summed E-state index contributed by atoms with van der Waals surface area (Å²) < 4.78 is 0. The van der Waals surface area contributed by atoms with E-state index in [4.69, 9.17) is 10.3 Å². The fourth-order valence-electron chi connectivity index (χ4n) is 0.702. The van der Waals surface area contributed by atoms with Gasteiger partial charge >= 0.3 is 5.97 Å². The van der Waals surface area contributed by atoms with Crippen LogP contribution in [0.5, 0.6) is 0 Å². The first-order valence-electron chi connectivity index (χ1n) is 4.24. The molecule has 0 aromatic carbocycles. The van der Waals surface area contributed by atoms with Crippen LogP contribution in [0.3, 0.4) is 0 Å². The lowest BCUT2D eigenvalue weighted by atomic mass is 10.2. The van der Waals surface area contributed by atoms with Crippen LogP contribution in [0.15, 0.2) is 36.5 Å². The fourth-order valence-corrected chi connectivity index (χ4v) is 0.702. The van der Waals surface area contributed by atoms with Crippen LogP contribution in [0.25, 0.3) is 0 Å². The molecule has 0 heterocycles. The van der Waals surface area contributed by atoms with Crippen LogP contribution in [-0.4, -0.2) is 27.4 Å². The lowest BCUT2D eigenvalue weighted by molar-refractivity contribution is -0.144. The molecule has 3 N–H and O–H groups in total. The van der Waals surface area contributed by atoms with Crippen molar-refractivity contribution in [3.63, 3.8) is 0 Å². The van der Waals surface area contributed by atoms with E-state index >= 15 is 0 Å². The molecule has 0 bridgehead atoms. The largest absolute Gasteiger partial charge is 0.478 e. The summed E-state index contributed by atoms with van der Waals surface area (Å²) in [4.78, 5) is 21.7. The highest BCUT2D eigenvalue weighted by Gasteiger charge is 2.09. The summed E-state index contributed by atoms with van der Waals surface area (Å²) in [5.74, 6) is -1.87. The second kappa shape index (κ2) is 6.54. The van der Waals surface area contributed by atoms with Gasteiger partial charge in [0.25, 0.3) is 5.91 Å². The van der Waals surface area contributed by atoms with Gasteiger partial charge in [-0.2, -0.15) is 0 Å². The fraction of sp³-hybridized carbons (Fsp3) is 0.100. The van der Waals surface area contributed by atoms with Crippen LogP contribution < -0.4 is 5.43 Å². The first-order valence-corrected chi connectivity index (χ1v) is 4.24. The Labute approximate surface area is 93.1 Å². The highest BCUT2D eigenvalue weighted by molar-refractivity contribution is 5.97. The van der Waals surface area contributed by atoms with E-state index in [-0.39, 0.29) is 11.1 Å². The summed E-state index contributed by atoms with van der Waals surface area (Å²) in [7, 11) is 0. The maximum atomic E-state index is 11.3. The molecular formula is C10H13N2O4. The van der Waals surface area contributed by atoms with Gasteiger partial charge in [-0.15, -0.1) is 6.58 Å². The molecule has 0 aromatic heterocycles. The molecule has 16 heavy (non-hydrogen) atoms. The van der Waals surface area contributed by atoms with Crippen LogP contribution >= 0.6 is 0 Å². The zero-order chi connectivity index (χ0) is 12.7. The summed E-state index contributed by atoms with van der Waals surface area (Å²) in [5, 5.41) is 18.0. The summed E-state index contributed by atoms with van der Waals surface area (Å²) in [5.41, 5.74) is 1.89. The molecule has 0 spiro atoms. The first-order chi connectivity index (χ1) is 7.38. The topological polar surface area (TPSA) is 89.9 Å². The van der Waals surface area contributed by atoms with Crippen LogP contribution in [0.4, 0.5) is 0 Å². The van der Waals surface area contributed by atoms with Crippen molar-refractivity contribution in [3.05, 3.63) is 43.0 Å². The number of aliphatic carboxylic acids is 1. The third kappa shape index (κ3) is 5.08. The summed E-state index contributed by atoms with van der Waals surface area (Å²) in [6.07, 6.45) is 2.35. The standard InChI is InChI=1S/C10H13N2O4/c1-4-5-12(16)11-9(13)7(2)6-8(3)10(14)15/h4-6,16H,1-2H2,3H3,(H,11,13)(H,14,15). The van der Waals surface area contributed by atoms with Gasteiger partial charge in [0.2, 0.25) is 0 Å². The Morgan fingerprint density at radius 3 is 2.44 bits per heavy atom. The Morgan fingerprint density at radius 1 is 1.44 bits per heavy atom. The van der Waals surface area contributed by atoms with E-state index in [2.05, 4.69) is 13.2 Å². The normalized spacial score (nSPS) is 11.1. The zero-order valence-corrected chi connectivity index (χ0v) is 8.80. The number of hydrazine groups is 1. The average molecular weight is 225 g/mol. The predicted octanol–water partition coefficient (Wildman–Crippen LogP) is 0.644. The van der Waals surface area contributed by atoms with Gasteiger partial charge in [-0.05, 0) is 13.0 Å². The molecule has 0 saturated carbocycles. The van der Waals surface area contributed by atoms with Crippen molar-refractivity contribution in [1.29, 1.82) is 0 Å². The van der Waals surface area contributed by atoms with Crippen molar-refractivity contribution in [1.82, 2.24) is 10.6 Å². The van der Waals surface area contributed by atoms with E-state index < -0.39 is 11.9 Å². The van der Waals surface area contributed by atoms with E-state index in [0.29, 0.717) is 5.17 Å². The maximum Gasteiger partial charge on any atom is 0.331 e. The van der Waals surface area contributed by atoms with E-state index in [9.17, 15) is 9.59 Å². The number of carbonyl (C=O) groups excluding carboxylic acids is 1. The van der Waals surface area contributed by atoms with Gasteiger partial charge in [-0.3, -0.25) is 15.4 Å². The summed E-state index contributed by atoms with van der Waals surface area (Å²) >= 11 is 0. The highest BCUT2D eigenvalue weighted by atomic mass is 16.5. The molecule has 6 heteroatoms. The van der Waals surface area contributed by atoms with Gasteiger partial charge in [-0.1, -0.05) is 17.8 Å². The monoisotopic (exact) mass is 225 g/mol. The van der Waals surface area contributed by atoms with Crippen molar-refractivity contribution < 1.29 is 19.9 Å². The van der Waals surface area contributed by atoms with Gasteiger partial charge in [0.05, 0.1) is 6.54 Å². The third-order valence-electron chi connectivity index (χ3n) is 1.48. The number of nitrogens with one attached hydrogen (secondary N) is 1. The van der Waals surface area contributed by atoms with Crippen molar-refractivity contribution >= 4 is 11.9 Å². The molecule has 0 aromatic rings. The van der Waals surface area contributed by atoms with Crippen molar-refractivity contribution in [2.75, 3.05) is 0 Å². The van der Waals surface area contributed by atoms with Crippen LogP contribution in [0.1, 0.15) is 6.92 Å². The summed E-state index contributed by atoms with van der Waals surface area (Å²) in [6.45, 7) is 9.09. The highest BCUT2D eigenvalue weighted by Crippen LogP contribution is 2.01. The van der Waals surface area contributed by atoms with Gasteiger partial charge in [0.15, 0.2) is 0 Å². The van der Waals surface area contributed by atoms with Crippen LogP contribution in [0, 0.1) is 6.54 Å². The van der Waals surface area contributed by atoms with Gasteiger partial charge in [-0.25, -0.2) is 4.79 Å². The first kappa shape index (κ1) is 14.1. The Bertz CT molecular complexity index is 347. The number of hydrogen-bond donors (Lipinski definition) is 3. The Kier molecular flexibility index (Phi) is 5.76. The number of amides is 1. The molecule has 6 nitrogen and oxygen atoms in total. The van der Waals surface area contributed by atoms with Gasteiger partial charge in [0, 0.05) is 11.1 Å². The number of hydroxylamine groups is 1. The molecule has 0 fully saturated rings. The quantitative estimate of drug-likeness (QED) is 0.350. The molecule has 1 amide bonds. The van der Waals surface area contributed by atoms with Gasteiger partial charge in [0.1, 0.15) is 0 Å². The summed E-state index contributed by atoms with van der Waals surface area (Å²) in [6, 6.07) is 0. The minimum absolute atomic E-state index is 0.0302. The van der Waals surface area contributed by atoms with Crippen LogP contribution in [-0.2, 0) is 9.59 Å². The Morgan fingerprint density at radius 2 is 2.00 bits per heavy atom. The Balaban J connectivity index is 4.41. The number of carboxylic acid groups (broad SMARTS) is 1. The molecule has 87 valence electrons. The molecule has 0 aliphatic rings. The molecule has 0 atom stereocenters. The molecule has 0 aliphatic carbocycles. The molecule has 0 aliphatic heterocycles. The van der Waals surface area contributed by atoms with Crippen molar-refractivity contribution in [3.8, 4) is 0 Å². The van der Waals surface area contributed by atoms with Crippen molar-refractivity contribution in [2.24, 2.45) is 0 Å². The van der Waals surface area contributed by atoms with Crippen molar-refractivity contribution in [2.45, 2.75) is 6.92 Å². The molecule has 0 unspecified atom stereocenters. The molecule has 0 rings (SSSR count). The maximum absolute atomic E-state index is 11.3. The lowest BCUT2D eigenvalue weighted by Crippen LogP contribution is -2.38. The molecule has 0 saturated heterocycles. The van der Waals surface area contributed by atoms with E-state index in [1.807, 2.05) is 5.43 Å². The number of carbonyl (C=O) groups is 2. The lowest BCUT2D eigenvalue weighted by Gasteiger charge is -2.13. The SMILES string of the molecule is C=C[CH]N(O)NC(=O)C(=C)C=C(C)C(=O)O. The van der Waals surface area contributed by atoms with E-state index in [1.165, 1.54) is 13.0 Å². The number of hydrogen-bond acceptors (Lipinski definition) is 4. The minimum Gasteiger partial charge on any atom is -0.478 e. The smallest absolute Gasteiger partial charge is 0.331 e. The second-order valence-corrected chi connectivity index (χ2v) is 2.83. The van der Waals surface area contributed by atoms with E-state index in [1.54, 1.807) is 0 Å². The zero-order valence-electron chi connectivity index (χ0n) is 8.80. The number of carboxylic acids is 1. The van der Waals surface area contributed by atoms with E-state index in [0.717, 1.165) is 12.6 Å². The van der Waals surface area contributed by atoms with Crippen LogP contribution in [0.2, 0.25) is 0 Å². The Hall–Kier alpha value is -1.92. The third-order valence-corrected chi connectivity index (χ3v) is 1.48. The predicted molar refractivity (Wildman–Crippen MR) is 56.8 cm³/mol.